The second-order valence-electron chi connectivity index (χ2n) is 5.16. The average Bonchev–Trinajstić information content (AvgIpc) is 2.66. The highest BCUT2D eigenvalue weighted by atomic mass is 79.9. The number of methoxy groups -OCH3 is 1. The first-order valence-electron chi connectivity index (χ1n) is 6.81. The summed E-state index contributed by atoms with van der Waals surface area (Å²) in [7, 11) is 1.71. The van der Waals surface area contributed by atoms with Gasteiger partial charge in [-0.15, -0.1) is 0 Å². The van der Waals surface area contributed by atoms with Gasteiger partial charge in [0.15, 0.2) is 0 Å². The van der Waals surface area contributed by atoms with Gasteiger partial charge in [0, 0.05) is 16.1 Å². The van der Waals surface area contributed by atoms with E-state index in [4.69, 9.17) is 10.5 Å². The van der Waals surface area contributed by atoms with E-state index in [1.165, 1.54) is 38.5 Å². The normalized spacial score (nSPS) is 19.3. The molecule has 2 rings (SSSR count). The fourth-order valence-corrected chi connectivity index (χ4v) is 3.22. The summed E-state index contributed by atoms with van der Waals surface area (Å²) in [5.74, 6) is 1.50. The van der Waals surface area contributed by atoms with E-state index in [0.717, 1.165) is 15.8 Å². The molecule has 1 aromatic carbocycles. The lowest BCUT2D eigenvalue weighted by Gasteiger charge is -2.24. The number of ether oxygens (including phenoxy) is 1. The van der Waals surface area contributed by atoms with Crippen LogP contribution in [-0.2, 0) is 0 Å². The molecular formula is C15H22BrNO. The van der Waals surface area contributed by atoms with Gasteiger partial charge >= 0.3 is 0 Å². The van der Waals surface area contributed by atoms with Crippen LogP contribution in [0.4, 0.5) is 0 Å². The number of nitrogens with two attached hydrogens (primary N) is 1. The largest absolute Gasteiger partial charge is 0.496 e. The standard InChI is InChI=1S/C15H22BrNO/c1-18-14-10-12(16)8-9-13(14)15(17)11-6-4-2-3-5-7-11/h8-11,15H,2-7,17H2,1H3. The van der Waals surface area contributed by atoms with Crippen molar-refractivity contribution in [3.05, 3.63) is 28.2 Å². The van der Waals surface area contributed by atoms with Gasteiger partial charge in [-0.25, -0.2) is 0 Å². The van der Waals surface area contributed by atoms with Crippen LogP contribution < -0.4 is 10.5 Å². The number of rotatable bonds is 3. The maximum atomic E-state index is 6.47. The van der Waals surface area contributed by atoms with Crippen molar-refractivity contribution in [2.24, 2.45) is 11.7 Å². The number of hydrogen-bond donors (Lipinski definition) is 1. The quantitative estimate of drug-likeness (QED) is 0.838. The molecule has 0 aromatic heterocycles. The van der Waals surface area contributed by atoms with Crippen LogP contribution in [0.15, 0.2) is 22.7 Å². The molecule has 1 saturated carbocycles. The van der Waals surface area contributed by atoms with Gasteiger partial charge in [-0.2, -0.15) is 0 Å². The van der Waals surface area contributed by atoms with E-state index >= 15 is 0 Å². The van der Waals surface area contributed by atoms with Crippen molar-refractivity contribution in [2.75, 3.05) is 7.11 Å². The monoisotopic (exact) mass is 311 g/mol. The Kier molecular flexibility index (Phi) is 5.07. The van der Waals surface area contributed by atoms with Crippen LogP contribution in [0.3, 0.4) is 0 Å². The van der Waals surface area contributed by atoms with Gasteiger partial charge in [0.05, 0.1) is 7.11 Å². The zero-order chi connectivity index (χ0) is 13.0. The molecule has 3 heteroatoms. The molecule has 1 unspecified atom stereocenters. The minimum atomic E-state index is 0.103. The summed E-state index contributed by atoms with van der Waals surface area (Å²) in [5.41, 5.74) is 7.62. The smallest absolute Gasteiger partial charge is 0.124 e. The first-order valence-corrected chi connectivity index (χ1v) is 7.60. The van der Waals surface area contributed by atoms with Crippen LogP contribution in [-0.4, -0.2) is 7.11 Å². The molecule has 0 aliphatic heterocycles. The van der Waals surface area contributed by atoms with E-state index in [1.54, 1.807) is 7.11 Å². The minimum Gasteiger partial charge on any atom is -0.496 e. The molecule has 1 fully saturated rings. The first kappa shape index (κ1) is 13.9. The predicted molar refractivity (Wildman–Crippen MR) is 78.8 cm³/mol. The van der Waals surface area contributed by atoms with Crippen molar-refractivity contribution in [3.8, 4) is 5.75 Å². The second kappa shape index (κ2) is 6.58. The van der Waals surface area contributed by atoms with Crippen LogP contribution in [0.1, 0.15) is 50.1 Å². The zero-order valence-corrected chi connectivity index (χ0v) is 12.6. The van der Waals surface area contributed by atoms with Crippen molar-refractivity contribution < 1.29 is 4.74 Å². The van der Waals surface area contributed by atoms with E-state index in [9.17, 15) is 0 Å². The first-order chi connectivity index (χ1) is 8.72. The fraction of sp³-hybridized carbons (Fsp3) is 0.600. The minimum absolute atomic E-state index is 0.103. The summed E-state index contributed by atoms with van der Waals surface area (Å²) in [6, 6.07) is 6.25. The van der Waals surface area contributed by atoms with Gasteiger partial charge in [-0.1, -0.05) is 47.7 Å². The molecule has 0 amide bonds. The van der Waals surface area contributed by atoms with Gasteiger partial charge in [-0.05, 0) is 30.9 Å². The number of benzene rings is 1. The van der Waals surface area contributed by atoms with Crippen molar-refractivity contribution >= 4 is 15.9 Å². The summed E-state index contributed by atoms with van der Waals surface area (Å²) in [6.07, 6.45) is 7.86. The molecule has 0 saturated heterocycles. The highest BCUT2D eigenvalue weighted by Gasteiger charge is 2.23. The second-order valence-corrected chi connectivity index (χ2v) is 6.08. The van der Waals surface area contributed by atoms with Crippen LogP contribution in [0.2, 0.25) is 0 Å². The Hall–Kier alpha value is -0.540. The van der Waals surface area contributed by atoms with Crippen LogP contribution >= 0.6 is 15.9 Å². The number of hydrogen-bond acceptors (Lipinski definition) is 2. The van der Waals surface area contributed by atoms with E-state index in [2.05, 4.69) is 28.1 Å². The zero-order valence-electron chi connectivity index (χ0n) is 11.0. The van der Waals surface area contributed by atoms with Crippen molar-refractivity contribution in [3.63, 3.8) is 0 Å². The van der Waals surface area contributed by atoms with Gasteiger partial charge in [0.2, 0.25) is 0 Å². The van der Waals surface area contributed by atoms with Gasteiger partial charge < -0.3 is 10.5 Å². The molecular weight excluding hydrogens is 290 g/mol. The van der Waals surface area contributed by atoms with E-state index in [0.29, 0.717) is 5.92 Å². The lowest BCUT2D eigenvalue weighted by molar-refractivity contribution is 0.358. The topological polar surface area (TPSA) is 35.2 Å². The van der Waals surface area contributed by atoms with Gasteiger partial charge in [0.1, 0.15) is 5.75 Å². The van der Waals surface area contributed by atoms with Crippen molar-refractivity contribution in [2.45, 2.75) is 44.6 Å². The van der Waals surface area contributed by atoms with Gasteiger partial charge in [0.25, 0.3) is 0 Å². The molecule has 1 aliphatic carbocycles. The molecule has 100 valence electrons. The highest BCUT2D eigenvalue weighted by molar-refractivity contribution is 9.10. The third kappa shape index (κ3) is 3.27. The molecule has 0 heterocycles. The lowest BCUT2D eigenvalue weighted by Crippen LogP contribution is -2.21. The Balaban J connectivity index is 2.18. The Morgan fingerprint density at radius 1 is 1.22 bits per heavy atom. The Morgan fingerprint density at radius 3 is 2.50 bits per heavy atom. The maximum Gasteiger partial charge on any atom is 0.124 e. The van der Waals surface area contributed by atoms with Crippen LogP contribution in [0, 0.1) is 5.92 Å². The van der Waals surface area contributed by atoms with Crippen LogP contribution in [0.5, 0.6) is 5.75 Å². The van der Waals surface area contributed by atoms with E-state index in [1.807, 2.05) is 6.07 Å². The SMILES string of the molecule is COc1cc(Br)ccc1C(N)C1CCCCCC1. The lowest BCUT2D eigenvalue weighted by atomic mass is 9.87. The summed E-state index contributed by atoms with van der Waals surface area (Å²) >= 11 is 3.47. The molecule has 2 N–H and O–H groups in total. The Morgan fingerprint density at radius 2 is 1.89 bits per heavy atom. The maximum absolute atomic E-state index is 6.47. The van der Waals surface area contributed by atoms with Gasteiger partial charge in [-0.3, -0.25) is 0 Å². The molecule has 2 nitrogen and oxygen atoms in total. The molecule has 18 heavy (non-hydrogen) atoms. The summed E-state index contributed by atoms with van der Waals surface area (Å²) < 4.78 is 6.50. The fourth-order valence-electron chi connectivity index (χ4n) is 2.88. The van der Waals surface area contributed by atoms with Crippen molar-refractivity contribution in [1.29, 1.82) is 0 Å². The molecule has 0 bridgehead atoms. The summed E-state index contributed by atoms with van der Waals surface area (Å²) in [4.78, 5) is 0. The molecule has 0 radical (unpaired) electrons. The third-order valence-corrected chi connectivity index (χ3v) is 4.46. The molecule has 1 atom stereocenters. The van der Waals surface area contributed by atoms with E-state index in [-0.39, 0.29) is 6.04 Å². The van der Waals surface area contributed by atoms with Crippen molar-refractivity contribution in [1.82, 2.24) is 0 Å². The Labute approximate surface area is 118 Å². The third-order valence-electron chi connectivity index (χ3n) is 3.96. The highest BCUT2D eigenvalue weighted by Crippen LogP contribution is 2.36. The number of halogens is 1. The average molecular weight is 312 g/mol. The molecule has 0 spiro atoms. The summed E-state index contributed by atoms with van der Waals surface area (Å²) in [6.45, 7) is 0. The van der Waals surface area contributed by atoms with E-state index < -0.39 is 0 Å². The predicted octanol–water partition coefficient (Wildman–Crippen LogP) is 4.43. The molecule has 1 aliphatic rings. The van der Waals surface area contributed by atoms with Crippen LogP contribution in [0.25, 0.3) is 0 Å². The summed E-state index contributed by atoms with van der Waals surface area (Å²) in [5, 5.41) is 0. The molecule has 1 aromatic rings. The Bertz CT molecular complexity index is 386.